The van der Waals surface area contributed by atoms with Gasteiger partial charge in [-0.2, -0.15) is 5.26 Å². The maximum absolute atomic E-state index is 12.7. The molecule has 3 aliphatic heterocycles. The molecule has 2 saturated heterocycles. The van der Waals surface area contributed by atoms with Crippen molar-refractivity contribution in [3.63, 3.8) is 0 Å². The van der Waals surface area contributed by atoms with E-state index in [-0.39, 0.29) is 18.6 Å². The topological polar surface area (TPSA) is 91.7 Å². The van der Waals surface area contributed by atoms with Crippen LogP contribution < -0.4 is 14.8 Å². The van der Waals surface area contributed by atoms with Gasteiger partial charge in [0.2, 0.25) is 18.6 Å². The lowest BCUT2D eigenvalue weighted by molar-refractivity contribution is -0.148. The highest BCUT2D eigenvalue weighted by molar-refractivity contribution is 5.97. The number of hydrogen-bond acceptors (Lipinski definition) is 5. The van der Waals surface area contributed by atoms with Crippen molar-refractivity contribution in [3.05, 3.63) is 23.8 Å². The molecule has 3 aliphatic rings. The van der Waals surface area contributed by atoms with Crippen molar-refractivity contribution >= 4 is 11.8 Å². The average molecular weight is 327 g/mol. The number of benzene rings is 1. The van der Waals surface area contributed by atoms with Crippen LogP contribution in [0.3, 0.4) is 0 Å². The molecule has 0 aromatic heterocycles. The summed E-state index contributed by atoms with van der Waals surface area (Å²) in [5.74, 6) is 0.870. The van der Waals surface area contributed by atoms with E-state index in [1.165, 1.54) is 0 Å². The summed E-state index contributed by atoms with van der Waals surface area (Å²) in [7, 11) is 0. The van der Waals surface area contributed by atoms with Crippen LogP contribution in [0, 0.1) is 16.7 Å². The first-order valence-electron chi connectivity index (χ1n) is 7.88. The highest BCUT2D eigenvalue weighted by atomic mass is 16.7. The van der Waals surface area contributed by atoms with E-state index in [1.807, 2.05) is 6.07 Å². The lowest BCUT2D eigenvalue weighted by atomic mass is 9.79. The maximum atomic E-state index is 12.7. The van der Waals surface area contributed by atoms with Crippen molar-refractivity contribution in [2.24, 2.45) is 5.41 Å². The van der Waals surface area contributed by atoms with Crippen LogP contribution in [0.2, 0.25) is 0 Å². The molecule has 0 unspecified atom stereocenters. The normalized spacial score (nSPS) is 33.9. The fourth-order valence-corrected chi connectivity index (χ4v) is 3.91. The molecule has 124 valence electrons. The molecule has 1 aromatic carbocycles. The molecule has 2 fully saturated rings. The van der Waals surface area contributed by atoms with Crippen LogP contribution in [-0.2, 0) is 9.59 Å². The molecule has 0 saturated carbocycles. The number of nitriles is 1. The molecule has 0 aliphatic carbocycles. The molecule has 0 bridgehead atoms. The second kappa shape index (κ2) is 4.87. The molecular formula is C17H17N3O4. The predicted molar refractivity (Wildman–Crippen MR) is 81.9 cm³/mol. The summed E-state index contributed by atoms with van der Waals surface area (Å²) in [6.07, 6.45) is 0.312. The smallest absolute Gasteiger partial charge is 0.246 e. The minimum Gasteiger partial charge on any atom is -0.454 e. The Morgan fingerprint density at radius 3 is 2.83 bits per heavy atom. The standard InChI is InChI=1S/C17H17N3O4/c1-9-16(22)20-11(15(21)19-9)6-17(2,7-18)14(20)10-3-4-12-13(5-10)24-8-23-12/h3-5,9,11,14H,6,8H2,1-2H3,(H,19,21)/t9-,11-,14+,17-/m0/s1. The van der Waals surface area contributed by atoms with Crippen molar-refractivity contribution < 1.29 is 19.1 Å². The van der Waals surface area contributed by atoms with Crippen LogP contribution in [0.25, 0.3) is 0 Å². The van der Waals surface area contributed by atoms with Gasteiger partial charge >= 0.3 is 0 Å². The Bertz CT molecular complexity index is 787. The Labute approximate surface area is 139 Å². The number of rotatable bonds is 1. The summed E-state index contributed by atoms with van der Waals surface area (Å²) < 4.78 is 10.7. The van der Waals surface area contributed by atoms with E-state index < -0.39 is 23.5 Å². The highest BCUT2D eigenvalue weighted by Crippen LogP contribution is 2.52. The van der Waals surface area contributed by atoms with E-state index in [2.05, 4.69) is 11.4 Å². The van der Waals surface area contributed by atoms with Gasteiger partial charge in [0, 0.05) is 0 Å². The summed E-state index contributed by atoms with van der Waals surface area (Å²) in [5.41, 5.74) is -0.0730. The third kappa shape index (κ3) is 1.89. The van der Waals surface area contributed by atoms with Gasteiger partial charge in [0.25, 0.3) is 0 Å². The number of ether oxygens (including phenoxy) is 2. The number of piperazine rings is 1. The van der Waals surface area contributed by atoms with E-state index in [0.29, 0.717) is 17.9 Å². The Balaban J connectivity index is 1.83. The number of nitrogens with one attached hydrogen (secondary N) is 1. The fraction of sp³-hybridized carbons (Fsp3) is 0.471. The molecule has 1 N–H and O–H groups in total. The summed E-state index contributed by atoms with van der Waals surface area (Å²) in [5, 5.41) is 12.5. The predicted octanol–water partition coefficient (Wildman–Crippen LogP) is 1.11. The molecule has 4 atom stereocenters. The van der Waals surface area contributed by atoms with E-state index >= 15 is 0 Å². The van der Waals surface area contributed by atoms with Gasteiger partial charge in [0.05, 0.1) is 17.5 Å². The molecule has 0 radical (unpaired) electrons. The number of carbonyl (C=O) groups excluding carboxylic acids is 2. The molecule has 7 nitrogen and oxygen atoms in total. The number of nitrogens with zero attached hydrogens (tertiary/aromatic N) is 2. The number of fused-ring (bicyclic) bond motifs is 2. The first kappa shape index (κ1) is 14.8. The molecule has 7 heteroatoms. The zero-order chi connectivity index (χ0) is 17.1. The Hall–Kier alpha value is -2.75. The number of hydrogen-bond donors (Lipinski definition) is 1. The lowest BCUT2D eigenvalue weighted by Gasteiger charge is -2.38. The summed E-state index contributed by atoms with van der Waals surface area (Å²) in [6.45, 7) is 3.62. The quantitative estimate of drug-likeness (QED) is 0.834. The number of amides is 2. The largest absolute Gasteiger partial charge is 0.454 e. The van der Waals surface area contributed by atoms with Crippen LogP contribution in [0.4, 0.5) is 0 Å². The zero-order valence-electron chi connectivity index (χ0n) is 13.4. The molecule has 24 heavy (non-hydrogen) atoms. The van der Waals surface area contributed by atoms with Gasteiger partial charge in [-0.05, 0) is 38.0 Å². The molecule has 2 amide bonds. The lowest BCUT2D eigenvalue weighted by Crippen LogP contribution is -2.60. The van der Waals surface area contributed by atoms with Crippen LogP contribution >= 0.6 is 0 Å². The second-order valence-corrected chi connectivity index (χ2v) is 6.74. The highest BCUT2D eigenvalue weighted by Gasteiger charge is 2.57. The van der Waals surface area contributed by atoms with Crippen molar-refractivity contribution in [2.45, 2.75) is 38.4 Å². The number of carbonyl (C=O) groups is 2. The average Bonchev–Trinajstić information content (AvgIpc) is 3.14. The van der Waals surface area contributed by atoms with Gasteiger partial charge < -0.3 is 19.7 Å². The van der Waals surface area contributed by atoms with Gasteiger partial charge in [-0.25, -0.2) is 0 Å². The van der Waals surface area contributed by atoms with E-state index in [0.717, 1.165) is 5.56 Å². The Kier molecular flexibility index (Phi) is 3.01. The summed E-state index contributed by atoms with van der Waals surface area (Å²) >= 11 is 0. The van der Waals surface area contributed by atoms with Crippen molar-refractivity contribution in [2.75, 3.05) is 6.79 Å². The van der Waals surface area contributed by atoms with Gasteiger partial charge in [-0.3, -0.25) is 9.59 Å². The maximum Gasteiger partial charge on any atom is 0.246 e. The van der Waals surface area contributed by atoms with Crippen LogP contribution in [0.15, 0.2) is 18.2 Å². The minimum absolute atomic E-state index is 0.156. The van der Waals surface area contributed by atoms with E-state index in [1.54, 1.807) is 30.9 Å². The van der Waals surface area contributed by atoms with Crippen LogP contribution in [0.1, 0.15) is 31.9 Å². The summed E-state index contributed by atoms with van der Waals surface area (Å²) in [4.78, 5) is 26.6. The SMILES string of the molecule is C[C@@H]1NC(=O)[C@@H]2C[C@@](C)(C#N)[C@@H](c3ccc4c(c3)OCO4)N2C1=O. The van der Waals surface area contributed by atoms with Crippen molar-refractivity contribution in [1.29, 1.82) is 5.26 Å². The van der Waals surface area contributed by atoms with E-state index in [9.17, 15) is 14.9 Å². The molecule has 1 aromatic rings. The first-order valence-corrected chi connectivity index (χ1v) is 7.88. The Morgan fingerprint density at radius 2 is 2.08 bits per heavy atom. The summed E-state index contributed by atoms with van der Waals surface area (Å²) in [6, 6.07) is 6.03. The minimum atomic E-state index is -0.852. The van der Waals surface area contributed by atoms with Gasteiger partial charge in [0.1, 0.15) is 12.1 Å². The molecule has 4 rings (SSSR count). The van der Waals surface area contributed by atoms with Gasteiger partial charge in [0.15, 0.2) is 11.5 Å². The molecule has 0 spiro atoms. The van der Waals surface area contributed by atoms with Crippen molar-refractivity contribution in [3.8, 4) is 17.6 Å². The van der Waals surface area contributed by atoms with Crippen LogP contribution in [-0.4, -0.2) is 35.6 Å². The van der Waals surface area contributed by atoms with E-state index in [4.69, 9.17) is 9.47 Å². The fourth-order valence-electron chi connectivity index (χ4n) is 3.91. The van der Waals surface area contributed by atoms with Crippen LogP contribution in [0.5, 0.6) is 11.5 Å². The van der Waals surface area contributed by atoms with Gasteiger partial charge in [-0.1, -0.05) is 6.07 Å². The molecule has 3 heterocycles. The Morgan fingerprint density at radius 1 is 1.33 bits per heavy atom. The zero-order valence-corrected chi connectivity index (χ0v) is 13.4. The first-order chi connectivity index (χ1) is 11.4. The monoisotopic (exact) mass is 327 g/mol. The molecular weight excluding hydrogens is 310 g/mol. The van der Waals surface area contributed by atoms with Gasteiger partial charge in [-0.15, -0.1) is 0 Å². The van der Waals surface area contributed by atoms with Crippen molar-refractivity contribution in [1.82, 2.24) is 10.2 Å². The second-order valence-electron chi connectivity index (χ2n) is 6.74. The third-order valence-corrected chi connectivity index (χ3v) is 5.09. The third-order valence-electron chi connectivity index (χ3n) is 5.09.